The number of hydrogen-bond acceptors (Lipinski definition) is 2. The molecule has 0 spiro atoms. The molecule has 0 unspecified atom stereocenters. The van der Waals surface area contributed by atoms with Crippen molar-refractivity contribution in [1.29, 1.82) is 0 Å². The van der Waals surface area contributed by atoms with Crippen molar-refractivity contribution in [2.45, 2.75) is 31.7 Å². The molecule has 0 aromatic heterocycles. The molecule has 1 heterocycles. The molecule has 0 saturated carbocycles. The minimum Gasteiger partial charge on any atom is -0.392 e. The normalized spacial score (nSPS) is 38.4. The Morgan fingerprint density at radius 3 is 2.50 bits per heavy atom. The molecule has 0 radical (unpaired) electrons. The summed E-state index contributed by atoms with van der Waals surface area (Å²) in [6.07, 6.45) is -0.834. The molecule has 3 heteroatoms. The summed E-state index contributed by atoms with van der Waals surface area (Å²) in [6.45, 7) is 2.40. The van der Waals surface area contributed by atoms with Crippen LogP contribution in [0.5, 0.6) is 0 Å². The molecule has 1 fully saturated rings. The van der Waals surface area contributed by atoms with E-state index in [1.807, 2.05) is 11.9 Å². The van der Waals surface area contributed by atoms with E-state index in [9.17, 15) is 4.39 Å². The van der Waals surface area contributed by atoms with E-state index in [1.165, 1.54) is 0 Å². The molecule has 0 aromatic carbocycles. The summed E-state index contributed by atoms with van der Waals surface area (Å²) >= 11 is 0. The van der Waals surface area contributed by atoms with Crippen LogP contribution in [0.2, 0.25) is 0 Å². The molecule has 10 heavy (non-hydrogen) atoms. The Kier molecular flexibility index (Phi) is 2.26. The number of likely N-dealkylation sites (tertiary alicyclic amines) is 1. The summed E-state index contributed by atoms with van der Waals surface area (Å²) in [7, 11) is 1.84. The Morgan fingerprint density at radius 1 is 1.70 bits per heavy atom. The van der Waals surface area contributed by atoms with Crippen molar-refractivity contribution in [3.05, 3.63) is 0 Å². The summed E-state index contributed by atoms with van der Waals surface area (Å²) in [5.41, 5.74) is 0. The van der Waals surface area contributed by atoms with E-state index in [4.69, 9.17) is 5.11 Å². The van der Waals surface area contributed by atoms with Crippen LogP contribution in [-0.2, 0) is 0 Å². The first-order valence-electron chi connectivity index (χ1n) is 3.65. The predicted octanol–water partition coefficient (Wildman–Crippen LogP) is 0.409. The second-order valence-corrected chi connectivity index (χ2v) is 3.02. The Labute approximate surface area is 60.6 Å². The van der Waals surface area contributed by atoms with Crippen LogP contribution in [0.4, 0.5) is 4.39 Å². The minimum atomic E-state index is -0.843. The molecule has 1 N–H and O–H groups in total. The third-order valence-electron chi connectivity index (χ3n) is 2.13. The van der Waals surface area contributed by atoms with Gasteiger partial charge in [-0.05, 0) is 20.4 Å². The van der Waals surface area contributed by atoms with Gasteiger partial charge in [0.05, 0.1) is 12.1 Å². The smallest absolute Gasteiger partial charge is 0.119 e. The number of aliphatic hydroxyl groups is 1. The lowest BCUT2D eigenvalue weighted by atomic mass is 10.1. The second kappa shape index (κ2) is 2.84. The first-order chi connectivity index (χ1) is 4.63. The fourth-order valence-corrected chi connectivity index (χ4v) is 1.59. The average Bonchev–Trinajstić information content (AvgIpc) is 2.11. The van der Waals surface area contributed by atoms with Crippen molar-refractivity contribution < 1.29 is 9.50 Å². The van der Waals surface area contributed by atoms with E-state index in [1.54, 1.807) is 6.92 Å². The highest BCUT2D eigenvalue weighted by Gasteiger charge is 2.34. The number of rotatable bonds is 1. The lowest BCUT2D eigenvalue weighted by Crippen LogP contribution is -2.39. The molecule has 1 rings (SSSR count). The fraction of sp³-hybridized carbons (Fsp3) is 1.00. The number of likely N-dealkylation sites (N-methyl/N-ethyl adjacent to an activating group) is 1. The Balaban J connectivity index is 2.54. The Bertz CT molecular complexity index is 108. The van der Waals surface area contributed by atoms with Crippen molar-refractivity contribution in [1.82, 2.24) is 4.90 Å². The van der Waals surface area contributed by atoms with Crippen LogP contribution in [0.1, 0.15) is 13.3 Å². The van der Waals surface area contributed by atoms with Crippen LogP contribution >= 0.6 is 0 Å². The first-order valence-corrected chi connectivity index (χ1v) is 3.65. The predicted molar refractivity (Wildman–Crippen MR) is 37.6 cm³/mol. The lowest BCUT2D eigenvalue weighted by Gasteiger charge is -2.23. The van der Waals surface area contributed by atoms with Gasteiger partial charge in [-0.1, -0.05) is 0 Å². The summed E-state index contributed by atoms with van der Waals surface area (Å²) in [5, 5.41) is 9.11. The number of aliphatic hydroxyl groups excluding tert-OH is 1. The maximum atomic E-state index is 12.9. The molecule has 1 aliphatic heterocycles. The van der Waals surface area contributed by atoms with Crippen LogP contribution in [0.25, 0.3) is 0 Å². The maximum Gasteiger partial charge on any atom is 0.119 e. The van der Waals surface area contributed by atoms with E-state index in [-0.39, 0.29) is 6.04 Å². The van der Waals surface area contributed by atoms with E-state index >= 15 is 0 Å². The van der Waals surface area contributed by atoms with Crippen molar-refractivity contribution >= 4 is 0 Å². The fourth-order valence-electron chi connectivity index (χ4n) is 1.59. The first kappa shape index (κ1) is 7.95. The SMILES string of the molecule is C[C@H](O)[C@@H]1[C@@H](F)CCN1C. The Hall–Kier alpha value is -0.150. The van der Waals surface area contributed by atoms with Crippen LogP contribution in [-0.4, -0.2) is 41.9 Å². The molecule has 1 aliphatic rings. The number of halogens is 1. The summed E-state index contributed by atoms with van der Waals surface area (Å²) in [5.74, 6) is 0. The van der Waals surface area contributed by atoms with Crippen LogP contribution < -0.4 is 0 Å². The average molecular weight is 147 g/mol. The second-order valence-electron chi connectivity index (χ2n) is 3.02. The molecule has 1 saturated heterocycles. The molecular formula is C7H14FNO. The van der Waals surface area contributed by atoms with E-state index < -0.39 is 12.3 Å². The van der Waals surface area contributed by atoms with Crippen molar-refractivity contribution in [2.75, 3.05) is 13.6 Å². The van der Waals surface area contributed by atoms with Gasteiger partial charge in [-0.15, -0.1) is 0 Å². The third kappa shape index (κ3) is 1.30. The van der Waals surface area contributed by atoms with Gasteiger partial charge in [0.2, 0.25) is 0 Å². The summed E-state index contributed by atoms with van der Waals surface area (Å²) < 4.78 is 12.9. The summed E-state index contributed by atoms with van der Waals surface area (Å²) in [4.78, 5) is 1.87. The van der Waals surface area contributed by atoms with Gasteiger partial charge >= 0.3 is 0 Å². The van der Waals surface area contributed by atoms with Crippen LogP contribution in [0, 0.1) is 0 Å². The molecule has 2 nitrogen and oxygen atoms in total. The molecular weight excluding hydrogens is 133 g/mol. The van der Waals surface area contributed by atoms with Gasteiger partial charge in [0.25, 0.3) is 0 Å². The zero-order valence-corrected chi connectivity index (χ0v) is 6.42. The zero-order chi connectivity index (χ0) is 7.72. The molecule has 0 aromatic rings. The van der Waals surface area contributed by atoms with Crippen LogP contribution in [0.15, 0.2) is 0 Å². The van der Waals surface area contributed by atoms with Crippen molar-refractivity contribution in [3.63, 3.8) is 0 Å². The van der Waals surface area contributed by atoms with Gasteiger partial charge in [-0.25, -0.2) is 4.39 Å². The third-order valence-corrected chi connectivity index (χ3v) is 2.13. The topological polar surface area (TPSA) is 23.5 Å². The van der Waals surface area contributed by atoms with Gasteiger partial charge < -0.3 is 5.11 Å². The van der Waals surface area contributed by atoms with E-state index in [0.717, 1.165) is 6.54 Å². The van der Waals surface area contributed by atoms with Gasteiger partial charge in [0.15, 0.2) is 0 Å². The monoisotopic (exact) mass is 147 g/mol. The largest absolute Gasteiger partial charge is 0.392 e. The maximum absolute atomic E-state index is 12.9. The quantitative estimate of drug-likeness (QED) is 0.580. The lowest BCUT2D eigenvalue weighted by molar-refractivity contribution is 0.0672. The standard InChI is InChI=1S/C7H14FNO/c1-5(10)7-6(8)3-4-9(7)2/h5-7,10H,3-4H2,1-2H3/t5-,6-,7+/m0/s1. The number of hydrogen-bond donors (Lipinski definition) is 1. The van der Waals surface area contributed by atoms with Gasteiger partial charge in [0.1, 0.15) is 6.17 Å². The molecule has 3 atom stereocenters. The van der Waals surface area contributed by atoms with E-state index in [2.05, 4.69) is 0 Å². The number of alkyl halides is 1. The van der Waals surface area contributed by atoms with Crippen molar-refractivity contribution in [3.8, 4) is 0 Å². The Morgan fingerprint density at radius 2 is 2.30 bits per heavy atom. The minimum absolute atomic E-state index is 0.278. The van der Waals surface area contributed by atoms with E-state index in [0.29, 0.717) is 6.42 Å². The zero-order valence-electron chi connectivity index (χ0n) is 6.42. The highest BCUT2D eigenvalue weighted by molar-refractivity contribution is 4.88. The molecule has 60 valence electrons. The highest BCUT2D eigenvalue weighted by atomic mass is 19.1. The van der Waals surface area contributed by atoms with Gasteiger partial charge in [0, 0.05) is 6.54 Å². The van der Waals surface area contributed by atoms with Crippen LogP contribution in [0.3, 0.4) is 0 Å². The molecule has 0 aliphatic carbocycles. The van der Waals surface area contributed by atoms with Crippen molar-refractivity contribution in [2.24, 2.45) is 0 Å². The van der Waals surface area contributed by atoms with Gasteiger partial charge in [-0.3, -0.25) is 4.90 Å². The highest BCUT2D eigenvalue weighted by Crippen LogP contribution is 2.21. The van der Waals surface area contributed by atoms with Gasteiger partial charge in [-0.2, -0.15) is 0 Å². The number of nitrogens with zero attached hydrogens (tertiary/aromatic N) is 1. The molecule has 0 amide bonds. The summed E-state index contributed by atoms with van der Waals surface area (Å²) in [6, 6.07) is -0.278. The molecule has 0 bridgehead atoms.